The van der Waals surface area contributed by atoms with Crippen LogP contribution in [0.5, 0.6) is 0 Å². The second-order valence-corrected chi connectivity index (χ2v) is 3.23. The number of halogens is 1. The SMILES string of the molecule is COC(=O)N/N=C\c1cc([N+](=O)[O-])ccc1Cl. The highest BCUT2D eigenvalue weighted by Crippen LogP contribution is 2.20. The number of carbonyl (C=O) groups is 1. The van der Waals surface area contributed by atoms with Gasteiger partial charge in [0.25, 0.3) is 5.69 Å². The smallest absolute Gasteiger partial charge is 0.427 e. The van der Waals surface area contributed by atoms with Gasteiger partial charge in [-0.1, -0.05) is 11.6 Å². The van der Waals surface area contributed by atoms with Crippen LogP contribution in [0, 0.1) is 10.1 Å². The molecule has 0 saturated heterocycles. The van der Waals surface area contributed by atoms with E-state index in [4.69, 9.17) is 11.6 Å². The van der Waals surface area contributed by atoms with Crippen molar-refractivity contribution in [1.82, 2.24) is 5.43 Å². The maximum absolute atomic E-state index is 10.7. The number of nitrogens with zero attached hydrogens (tertiary/aromatic N) is 2. The van der Waals surface area contributed by atoms with Gasteiger partial charge in [-0.3, -0.25) is 10.1 Å². The molecule has 0 unspecified atom stereocenters. The Morgan fingerprint density at radius 2 is 2.35 bits per heavy atom. The van der Waals surface area contributed by atoms with Crippen LogP contribution >= 0.6 is 11.6 Å². The number of hydrogen-bond acceptors (Lipinski definition) is 5. The van der Waals surface area contributed by atoms with Gasteiger partial charge in [0.2, 0.25) is 0 Å². The summed E-state index contributed by atoms with van der Waals surface area (Å²) < 4.78 is 4.28. The number of non-ortho nitro benzene ring substituents is 1. The van der Waals surface area contributed by atoms with Gasteiger partial charge in [0.15, 0.2) is 0 Å². The summed E-state index contributed by atoms with van der Waals surface area (Å²) in [5.41, 5.74) is 2.24. The average Bonchev–Trinajstić information content (AvgIpc) is 2.30. The van der Waals surface area contributed by atoms with Crippen molar-refractivity contribution in [3.63, 3.8) is 0 Å². The van der Waals surface area contributed by atoms with Gasteiger partial charge in [0.05, 0.1) is 18.2 Å². The molecule has 17 heavy (non-hydrogen) atoms. The molecule has 1 amide bonds. The lowest BCUT2D eigenvalue weighted by Gasteiger charge is -1.98. The lowest BCUT2D eigenvalue weighted by atomic mass is 10.2. The topological polar surface area (TPSA) is 93.8 Å². The van der Waals surface area contributed by atoms with E-state index >= 15 is 0 Å². The molecule has 0 bridgehead atoms. The lowest BCUT2D eigenvalue weighted by Crippen LogP contribution is -2.16. The van der Waals surface area contributed by atoms with Crippen molar-refractivity contribution in [2.24, 2.45) is 5.10 Å². The molecule has 0 atom stereocenters. The van der Waals surface area contributed by atoms with Crippen molar-refractivity contribution in [1.29, 1.82) is 0 Å². The number of carbonyl (C=O) groups excluding carboxylic acids is 1. The Bertz CT molecular complexity index is 475. The predicted octanol–water partition coefficient (Wildman–Crippen LogP) is 1.94. The van der Waals surface area contributed by atoms with Gasteiger partial charge in [0.1, 0.15) is 0 Å². The first-order chi connectivity index (χ1) is 8.04. The molecule has 8 heteroatoms. The second kappa shape index (κ2) is 5.80. The van der Waals surface area contributed by atoms with Gasteiger partial charge in [-0.25, -0.2) is 10.2 Å². The summed E-state index contributed by atoms with van der Waals surface area (Å²) in [7, 11) is 1.19. The molecule has 90 valence electrons. The van der Waals surface area contributed by atoms with E-state index in [2.05, 4.69) is 9.84 Å². The summed E-state index contributed by atoms with van der Waals surface area (Å²) in [6.45, 7) is 0. The molecule has 0 saturated carbocycles. The monoisotopic (exact) mass is 257 g/mol. The van der Waals surface area contributed by atoms with Gasteiger partial charge < -0.3 is 4.74 Å². The van der Waals surface area contributed by atoms with Crippen molar-refractivity contribution in [2.45, 2.75) is 0 Å². The Labute approximate surface area is 101 Å². The summed E-state index contributed by atoms with van der Waals surface area (Å²) in [6.07, 6.45) is 0.439. The zero-order chi connectivity index (χ0) is 12.8. The number of hydrogen-bond donors (Lipinski definition) is 1. The second-order valence-electron chi connectivity index (χ2n) is 2.82. The Kier molecular flexibility index (Phi) is 4.41. The van der Waals surface area contributed by atoms with E-state index < -0.39 is 11.0 Å². The average molecular weight is 258 g/mol. The van der Waals surface area contributed by atoms with Crippen LogP contribution in [0.15, 0.2) is 23.3 Å². The summed E-state index contributed by atoms with van der Waals surface area (Å²) in [6, 6.07) is 3.89. The number of ether oxygens (including phenoxy) is 1. The quantitative estimate of drug-likeness (QED) is 0.509. The first kappa shape index (κ1) is 12.9. The number of nitrogens with one attached hydrogen (secondary N) is 1. The van der Waals surface area contributed by atoms with E-state index in [0.717, 1.165) is 0 Å². The number of methoxy groups -OCH3 is 1. The third-order valence-corrected chi connectivity index (χ3v) is 2.08. The highest BCUT2D eigenvalue weighted by molar-refractivity contribution is 6.33. The number of benzene rings is 1. The summed E-state index contributed by atoms with van der Waals surface area (Å²) in [4.78, 5) is 20.6. The molecule has 0 aromatic heterocycles. The number of amides is 1. The van der Waals surface area contributed by atoms with Crippen molar-refractivity contribution in [2.75, 3.05) is 7.11 Å². The Balaban J connectivity index is 2.86. The highest BCUT2D eigenvalue weighted by atomic mass is 35.5. The van der Waals surface area contributed by atoms with Crippen LogP contribution in [0.25, 0.3) is 0 Å². The number of nitro groups is 1. The minimum atomic E-state index is -0.747. The number of rotatable bonds is 3. The van der Waals surface area contributed by atoms with E-state index in [1.807, 2.05) is 5.43 Å². The molecule has 0 aliphatic heterocycles. The van der Waals surface area contributed by atoms with E-state index in [0.29, 0.717) is 5.56 Å². The van der Waals surface area contributed by atoms with Crippen LogP contribution in [-0.4, -0.2) is 24.3 Å². The highest BCUT2D eigenvalue weighted by Gasteiger charge is 2.08. The molecule has 7 nitrogen and oxygen atoms in total. The number of nitro benzene ring substituents is 1. The van der Waals surface area contributed by atoms with Crippen LogP contribution in [0.2, 0.25) is 5.02 Å². The minimum Gasteiger partial charge on any atom is -0.452 e. The molecule has 0 fully saturated rings. The lowest BCUT2D eigenvalue weighted by molar-refractivity contribution is -0.384. The van der Waals surface area contributed by atoms with Crippen molar-refractivity contribution in [3.8, 4) is 0 Å². The summed E-state index contributed by atoms with van der Waals surface area (Å²) in [5, 5.41) is 14.3. The largest absolute Gasteiger partial charge is 0.452 e. The first-order valence-electron chi connectivity index (χ1n) is 4.35. The molecule has 1 aromatic rings. The normalized spacial score (nSPS) is 10.2. The van der Waals surface area contributed by atoms with Crippen LogP contribution in [0.1, 0.15) is 5.56 Å². The summed E-state index contributed by atoms with van der Waals surface area (Å²) in [5.74, 6) is 0. The Morgan fingerprint density at radius 3 is 2.94 bits per heavy atom. The molecule has 0 radical (unpaired) electrons. The van der Waals surface area contributed by atoms with Gasteiger partial charge >= 0.3 is 6.09 Å². The Hall–Kier alpha value is -2.15. The van der Waals surface area contributed by atoms with E-state index in [1.54, 1.807) is 0 Å². The third-order valence-electron chi connectivity index (χ3n) is 1.74. The summed E-state index contributed by atoms with van der Waals surface area (Å²) >= 11 is 5.79. The third kappa shape index (κ3) is 3.72. The molecule has 0 heterocycles. The zero-order valence-corrected chi connectivity index (χ0v) is 9.47. The fraction of sp³-hybridized carbons (Fsp3) is 0.111. The van der Waals surface area contributed by atoms with E-state index in [1.165, 1.54) is 31.5 Å². The fourth-order valence-corrected chi connectivity index (χ4v) is 1.11. The molecule has 0 aliphatic carbocycles. The molecule has 1 N–H and O–H groups in total. The number of hydrazone groups is 1. The predicted molar refractivity (Wildman–Crippen MR) is 61.2 cm³/mol. The maximum Gasteiger partial charge on any atom is 0.427 e. The van der Waals surface area contributed by atoms with E-state index in [9.17, 15) is 14.9 Å². The molecule has 1 rings (SSSR count). The minimum absolute atomic E-state index is 0.117. The van der Waals surface area contributed by atoms with Gasteiger partial charge in [-0.05, 0) is 6.07 Å². The molecule has 0 spiro atoms. The van der Waals surface area contributed by atoms with Crippen LogP contribution in [0.4, 0.5) is 10.5 Å². The first-order valence-corrected chi connectivity index (χ1v) is 4.73. The van der Waals surface area contributed by atoms with Gasteiger partial charge in [0, 0.05) is 22.7 Å². The van der Waals surface area contributed by atoms with Crippen molar-refractivity contribution >= 4 is 29.6 Å². The zero-order valence-electron chi connectivity index (χ0n) is 8.71. The molecular formula is C9H8ClN3O4. The molecule has 0 aliphatic rings. The van der Waals surface area contributed by atoms with Crippen LogP contribution in [-0.2, 0) is 4.74 Å². The standard InChI is InChI=1S/C9H8ClN3O4/c1-17-9(14)12-11-5-6-4-7(13(15)16)2-3-8(6)10/h2-5H,1H3,(H,12,14)/b11-5-. The van der Waals surface area contributed by atoms with Crippen LogP contribution in [0.3, 0.4) is 0 Å². The maximum atomic E-state index is 10.7. The van der Waals surface area contributed by atoms with Crippen LogP contribution < -0.4 is 5.43 Å². The molecule has 1 aromatic carbocycles. The van der Waals surface area contributed by atoms with Gasteiger partial charge in [-0.15, -0.1) is 0 Å². The Morgan fingerprint density at radius 1 is 1.65 bits per heavy atom. The van der Waals surface area contributed by atoms with Crippen molar-refractivity contribution in [3.05, 3.63) is 38.9 Å². The van der Waals surface area contributed by atoms with E-state index in [-0.39, 0.29) is 10.7 Å². The molecular weight excluding hydrogens is 250 g/mol. The van der Waals surface area contributed by atoms with Gasteiger partial charge in [-0.2, -0.15) is 5.10 Å². The fourth-order valence-electron chi connectivity index (χ4n) is 0.944. The van der Waals surface area contributed by atoms with Crippen molar-refractivity contribution < 1.29 is 14.5 Å².